The highest BCUT2D eigenvalue weighted by atomic mass is 16.3. The molecule has 3 aromatic rings. The van der Waals surface area contributed by atoms with Gasteiger partial charge in [-0.1, -0.05) is 24.3 Å². The second kappa shape index (κ2) is 9.23. The summed E-state index contributed by atoms with van der Waals surface area (Å²) in [6.07, 6.45) is 1.34. The van der Waals surface area contributed by atoms with Gasteiger partial charge in [-0.25, -0.2) is 0 Å². The minimum atomic E-state index is -0.767. The van der Waals surface area contributed by atoms with Gasteiger partial charge < -0.3 is 20.0 Å². The second-order valence-electron chi connectivity index (χ2n) is 8.03. The monoisotopic (exact) mass is 434 g/mol. The maximum atomic E-state index is 12.4. The first-order chi connectivity index (χ1) is 15.4. The van der Waals surface area contributed by atoms with Gasteiger partial charge in [0.25, 0.3) is 0 Å². The van der Waals surface area contributed by atoms with Gasteiger partial charge in [-0.2, -0.15) is 0 Å². The molecule has 0 unspecified atom stereocenters. The molecule has 166 valence electrons. The van der Waals surface area contributed by atoms with Crippen LogP contribution in [-0.4, -0.2) is 49.8 Å². The summed E-state index contributed by atoms with van der Waals surface area (Å²) in [4.78, 5) is 40.4. The molecule has 0 saturated carbocycles. The minimum Gasteiger partial charge on any atom is -0.459 e. The minimum absolute atomic E-state index is 0.0616. The average molecular weight is 434 g/mol. The van der Waals surface area contributed by atoms with Crippen molar-refractivity contribution in [2.75, 3.05) is 37.4 Å². The van der Waals surface area contributed by atoms with E-state index in [4.69, 9.17) is 4.42 Å². The van der Waals surface area contributed by atoms with E-state index < -0.39 is 11.8 Å². The zero-order valence-corrected chi connectivity index (χ0v) is 18.1. The van der Waals surface area contributed by atoms with E-state index in [1.807, 2.05) is 55.4 Å². The van der Waals surface area contributed by atoms with Crippen LogP contribution < -0.4 is 15.5 Å². The Hall–Kier alpha value is -3.65. The van der Waals surface area contributed by atoms with Crippen molar-refractivity contribution in [3.05, 3.63) is 60.4 Å². The van der Waals surface area contributed by atoms with Crippen molar-refractivity contribution in [1.29, 1.82) is 0 Å². The van der Waals surface area contributed by atoms with Crippen LogP contribution in [0.4, 0.5) is 11.4 Å². The van der Waals surface area contributed by atoms with Crippen LogP contribution >= 0.6 is 0 Å². The van der Waals surface area contributed by atoms with Crippen LogP contribution in [0.5, 0.6) is 0 Å². The molecular formula is C24H26N4O4. The predicted molar refractivity (Wildman–Crippen MR) is 122 cm³/mol. The Bertz CT molecular complexity index is 1120. The zero-order valence-electron chi connectivity index (χ0n) is 18.1. The summed E-state index contributed by atoms with van der Waals surface area (Å²) in [5.41, 5.74) is 1.95. The van der Waals surface area contributed by atoms with Crippen LogP contribution in [-0.2, 0) is 14.4 Å². The molecular weight excluding hydrogens is 408 g/mol. The van der Waals surface area contributed by atoms with Crippen molar-refractivity contribution >= 4 is 40.1 Å². The van der Waals surface area contributed by atoms with Crippen LogP contribution in [0.1, 0.15) is 24.6 Å². The van der Waals surface area contributed by atoms with Crippen molar-refractivity contribution in [3.8, 4) is 0 Å². The van der Waals surface area contributed by atoms with E-state index in [9.17, 15) is 14.4 Å². The molecule has 1 aliphatic heterocycles. The Labute approximate surface area is 186 Å². The lowest BCUT2D eigenvalue weighted by molar-refractivity contribution is -0.136. The largest absolute Gasteiger partial charge is 0.459 e. The zero-order chi connectivity index (χ0) is 22.7. The Balaban J connectivity index is 1.38. The van der Waals surface area contributed by atoms with E-state index in [1.165, 1.54) is 0 Å². The number of hydrogen-bond donors (Lipinski definition) is 2. The molecule has 8 nitrogen and oxygen atoms in total. The second-order valence-corrected chi connectivity index (χ2v) is 8.03. The van der Waals surface area contributed by atoms with Gasteiger partial charge in [-0.3, -0.25) is 19.3 Å². The Kier molecular flexibility index (Phi) is 6.23. The Morgan fingerprint density at radius 3 is 2.62 bits per heavy atom. The molecule has 2 N–H and O–H groups in total. The standard InChI is InChI=1S/C24H26N4O4/c1-27(2)19(21-13-16-7-3-4-10-20(16)32-21)15-25-23(30)24(31)26-17-8-5-9-18(14-17)28-12-6-11-22(28)29/h3-5,7-10,13-14,19H,6,11-12,15H2,1-2H3,(H,25,30)(H,26,31)/t19-/m1/s1. The average Bonchev–Trinajstić information content (AvgIpc) is 3.39. The quantitative estimate of drug-likeness (QED) is 0.582. The van der Waals surface area contributed by atoms with Gasteiger partial charge in [0.05, 0.1) is 6.04 Å². The molecule has 3 amide bonds. The molecule has 8 heteroatoms. The first-order valence-electron chi connectivity index (χ1n) is 10.6. The fourth-order valence-electron chi connectivity index (χ4n) is 3.83. The fourth-order valence-corrected chi connectivity index (χ4v) is 3.83. The van der Waals surface area contributed by atoms with Gasteiger partial charge in [-0.15, -0.1) is 0 Å². The Morgan fingerprint density at radius 2 is 1.91 bits per heavy atom. The molecule has 0 radical (unpaired) electrons. The molecule has 1 atom stereocenters. The highest BCUT2D eigenvalue weighted by Gasteiger charge is 2.24. The number of carbonyl (C=O) groups is 3. The summed E-state index contributed by atoms with van der Waals surface area (Å²) in [5.74, 6) is -0.737. The number of likely N-dealkylation sites (N-methyl/N-ethyl adjacent to an activating group) is 1. The number of rotatable bonds is 6. The number of amides is 3. The number of nitrogens with one attached hydrogen (secondary N) is 2. The smallest absolute Gasteiger partial charge is 0.313 e. The summed E-state index contributed by atoms with van der Waals surface area (Å²) in [7, 11) is 3.77. The number of para-hydroxylation sites is 1. The molecule has 0 aliphatic carbocycles. The summed E-state index contributed by atoms with van der Waals surface area (Å²) in [5, 5.41) is 6.28. The normalized spacial score (nSPS) is 14.7. The third-order valence-corrected chi connectivity index (χ3v) is 5.55. The molecule has 32 heavy (non-hydrogen) atoms. The summed E-state index contributed by atoms with van der Waals surface area (Å²) < 4.78 is 5.92. The first-order valence-corrected chi connectivity index (χ1v) is 10.6. The third kappa shape index (κ3) is 4.65. The Morgan fingerprint density at radius 1 is 1.09 bits per heavy atom. The number of furan rings is 1. The lowest BCUT2D eigenvalue weighted by Crippen LogP contribution is -2.40. The van der Waals surface area contributed by atoms with Crippen LogP contribution in [0.3, 0.4) is 0 Å². The van der Waals surface area contributed by atoms with Gasteiger partial charge in [0.1, 0.15) is 11.3 Å². The van der Waals surface area contributed by atoms with Gasteiger partial charge in [0, 0.05) is 36.3 Å². The van der Waals surface area contributed by atoms with Crippen LogP contribution in [0.2, 0.25) is 0 Å². The van der Waals surface area contributed by atoms with Crippen molar-refractivity contribution in [1.82, 2.24) is 10.2 Å². The lowest BCUT2D eigenvalue weighted by atomic mass is 10.2. The van der Waals surface area contributed by atoms with E-state index in [1.54, 1.807) is 23.1 Å². The summed E-state index contributed by atoms with van der Waals surface area (Å²) >= 11 is 0. The molecule has 1 saturated heterocycles. The number of fused-ring (bicyclic) bond motifs is 1. The SMILES string of the molecule is CN(C)[C@H](CNC(=O)C(=O)Nc1cccc(N2CCCC2=O)c1)c1cc2ccccc2o1. The van der Waals surface area contributed by atoms with Gasteiger partial charge in [0.15, 0.2) is 0 Å². The van der Waals surface area contributed by atoms with Crippen LogP contribution in [0, 0.1) is 0 Å². The number of carbonyl (C=O) groups excluding carboxylic acids is 3. The van der Waals surface area contributed by atoms with Gasteiger partial charge >= 0.3 is 11.8 Å². The molecule has 2 heterocycles. The predicted octanol–water partition coefficient (Wildman–Crippen LogP) is 2.92. The highest BCUT2D eigenvalue weighted by Crippen LogP contribution is 2.26. The van der Waals surface area contributed by atoms with Crippen molar-refractivity contribution in [2.45, 2.75) is 18.9 Å². The van der Waals surface area contributed by atoms with Gasteiger partial charge in [0.2, 0.25) is 5.91 Å². The number of benzene rings is 2. The number of anilines is 2. The summed E-state index contributed by atoms with van der Waals surface area (Å²) in [6, 6.07) is 16.4. The van der Waals surface area contributed by atoms with Crippen molar-refractivity contribution in [2.24, 2.45) is 0 Å². The van der Waals surface area contributed by atoms with E-state index in [0.29, 0.717) is 30.1 Å². The highest BCUT2D eigenvalue weighted by molar-refractivity contribution is 6.39. The van der Waals surface area contributed by atoms with Crippen molar-refractivity contribution in [3.63, 3.8) is 0 Å². The van der Waals surface area contributed by atoms with E-state index in [0.717, 1.165) is 17.4 Å². The van der Waals surface area contributed by atoms with E-state index >= 15 is 0 Å². The van der Waals surface area contributed by atoms with Crippen LogP contribution in [0.25, 0.3) is 11.0 Å². The maximum absolute atomic E-state index is 12.4. The first kappa shape index (κ1) is 21.6. The molecule has 1 aliphatic rings. The fraction of sp³-hybridized carbons (Fsp3) is 0.292. The summed E-state index contributed by atoms with van der Waals surface area (Å²) in [6.45, 7) is 0.867. The molecule has 0 spiro atoms. The molecule has 1 fully saturated rings. The van der Waals surface area contributed by atoms with Crippen molar-refractivity contribution < 1.29 is 18.8 Å². The molecule has 0 bridgehead atoms. The van der Waals surface area contributed by atoms with Crippen LogP contribution in [0.15, 0.2) is 59.0 Å². The molecule has 1 aromatic heterocycles. The third-order valence-electron chi connectivity index (χ3n) is 5.55. The topological polar surface area (TPSA) is 94.9 Å². The number of nitrogens with zero attached hydrogens (tertiary/aromatic N) is 2. The maximum Gasteiger partial charge on any atom is 0.313 e. The lowest BCUT2D eigenvalue weighted by Gasteiger charge is -2.22. The molecule has 2 aromatic carbocycles. The molecule has 4 rings (SSSR count). The van der Waals surface area contributed by atoms with E-state index in [2.05, 4.69) is 10.6 Å². The van der Waals surface area contributed by atoms with E-state index in [-0.39, 0.29) is 18.5 Å². The number of hydrogen-bond acceptors (Lipinski definition) is 5. The van der Waals surface area contributed by atoms with Gasteiger partial charge in [-0.05, 0) is 50.8 Å².